The van der Waals surface area contributed by atoms with E-state index in [0.717, 1.165) is 32.6 Å². The largest absolute Gasteiger partial charge is 0.382 e. The molecule has 0 aliphatic carbocycles. The van der Waals surface area contributed by atoms with Gasteiger partial charge < -0.3 is 19.5 Å². The maximum absolute atomic E-state index is 5.73. The van der Waals surface area contributed by atoms with E-state index in [4.69, 9.17) is 14.2 Å². The van der Waals surface area contributed by atoms with Crippen LogP contribution in [0.15, 0.2) is 0 Å². The lowest BCUT2D eigenvalue weighted by Crippen LogP contribution is -2.37. The van der Waals surface area contributed by atoms with Crippen molar-refractivity contribution >= 4 is 0 Å². The quantitative estimate of drug-likeness (QED) is 0.534. The van der Waals surface area contributed by atoms with Gasteiger partial charge in [-0.05, 0) is 33.2 Å². The second-order valence-electron chi connectivity index (χ2n) is 4.28. The van der Waals surface area contributed by atoms with Crippen molar-refractivity contribution in [1.82, 2.24) is 5.32 Å². The highest BCUT2D eigenvalue weighted by Crippen LogP contribution is 1.99. The van der Waals surface area contributed by atoms with Gasteiger partial charge in [0.05, 0.1) is 19.3 Å². The summed E-state index contributed by atoms with van der Waals surface area (Å²) in [6.07, 6.45) is 2.35. The van der Waals surface area contributed by atoms with Crippen molar-refractivity contribution in [2.24, 2.45) is 0 Å². The fourth-order valence-corrected chi connectivity index (χ4v) is 1.36. The summed E-state index contributed by atoms with van der Waals surface area (Å²) in [7, 11) is 1.68. The fourth-order valence-electron chi connectivity index (χ4n) is 1.36. The molecule has 0 aliphatic rings. The third-order valence-corrected chi connectivity index (χ3v) is 2.67. The van der Waals surface area contributed by atoms with Gasteiger partial charge in [-0.1, -0.05) is 6.92 Å². The molecule has 0 aromatic rings. The predicted octanol–water partition coefficient (Wildman–Crippen LogP) is 1.83. The monoisotopic (exact) mass is 247 g/mol. The van der Waals surface area contributed by atoms with Gasteiger partial charge in [-0.15, -0.1) is 0 Å². The molecule has 2 atom stereocenters. The number of methoxy groups -OCH3 is 1. The lowest BCUT2D eigenvalue weighted by atomic mass is 10.2. The molecule has 0 spiro atoms. The van der Waals surface area contributed by atoms with Crippen LogP contribution in [-0.2, 0) is 14.2 Å². The number of nitrogens with one attached hydrogen (secondary N) is 1. The van der Waals surface area contributed by atoms with Crippen LogP contribution < -0.4 is 5.32 Å². The van der Waals surface area contributed by atoms with Gasteiger partial charge in [-0.2, -0.15) is 0 Å². The van der Waals surface area contributed by atoms with Crippen molar-refractivity contribution in [3.63, 3.8) is 0 Å². The average Bonchev–Trinajstić information content (AvgIpc) is 2.34. The van der Waals surface area contributed by atoms with Crippen LogP contribution >= 0.6 is 0 Å². The van der Waals surface area contributed by atoms with Gasteiger partial charge in [0, 0.05) is 26.4 Å². The molecule has 0 radical (unpaired) electrons. The van der Waals surface area contributed by atoms with E-state index in [9.17, 15) is 0 Å². The summed E-state index contributed by atoms with van der Waals surface area (Å²) in [6.45, 7) is 10.3. The van der Waals surface area contributed by atoms with Crippen LogP contribution in [-0.4, -0.2) is 52.2 Å². The molecule has 0 bridgehead atoms. The number of hydrogen-bond acceptors (Lipinski definition) is 4. The van der Waals surface area contributed by atoms with Gasteiger partial charge in [0.1, 0.15) is 0 Å². The topological polar surface area (TPSA) is 39.7 Å². The maximum atomic E-state index is 5.73. The highest BCUT2D eigenvalue weighted by Gasteiger charge is 2.10. The third kappa shape index (κ3) is 10.7. The van der Waals surface area contributed by atoms with E-state index in [-0.39, 0.29) is 6.10 Å². The van der Waals surface area contributed by atoms with Gasteiger partial charge in [0.25, 0.3) is 0 Å². The first kappa shape index (κ1) is 16.8. The van der Waals surface area contributed by atoms with Crippen molar-refractivity contribution in [2.75, 3.05) is 40.1 Å². The summed E-state index contributed by atoms with van der Waals surface area (Å²) in [6, 6.07) is 0.407. The van der Waals surface area contributed by atoms with Crippen LogP contribution in [0.5, 0.6) is 0 Å². The minimum atomic E-state index is 0.250. The zero-order valence-electron chi connectivity index (χ0n) is 11.8. The van der Waals surface area contributed by atoms with Crippen LogP contribution in [0.25, 0.3) is 0 Å². The van der Waals surface area contributed by atoms with E-state index in [1.165, 1.54) is 0 Å². The van der Waals surface area contributed by atoms with Gasteiger partial charge in [0.15, 0.2) is 0 Å². The molecule has 4 nitrogen and oxygen atoms in total. The van der Waals surface area contributed by atoms with Crippen molar-refractivity contribution in [3.8, 4) is 0 Å². The summed E-state index contributed by atoms with van der Waals surface area (Å²) >= 11 is 0. The molecule has 0 aromatic carbocycles. The SMILES string of the molecule is CCCNC(C)C(C)OCCCOCCOC. The third-order valence-electron chi connectivity index (χ3n) is 2.67. The minimum absolute atomic E-state index is 0.250. The van der Waals surface area contributed by atoms with Gasteiger partial charge in [0.2, 0.25) is 0 Å². The summed E-state index contributed by atoms with van der Waals surface area (Å²) in [5, 5.41) is 3.43. The molecular formula is C13H29NO3. The summed E-state index contributed by atoms with van der Waals surface area (Å²) in [5.41, 5.74) is 0. The molecule has 0 saturated carbocycles. The van der Waals surface area contributed by atoms with E-state index >= 15 is 0 Å². The van der Waals surface area contributed by atoms with Gasteiger partial charge in [-0.25, -0.2) is 0 Å². The lowest BCUT2D eigenvalue weighted by Gasteiger charge is -2.21. The van der Waals surface area contributed by atoms with Crippen LogP contribution in [0.2, 0.25) is 0 Å². The van der Waals surface area contributed by atoms with E-state index in [1.807, 2.05) is 0 Å². The highest BCUT2D eigenvalue weighted by atomic mass is 16.5. The number of hydrogen-bond donors (Lipinski definition) is 1. The number of rotatable bonds is 12. The average molecular weight is 247 g/mol. The van der Waals surface area contributed by atoms with Crippen LogP contribution in [0.1, 0.15) is 33.6 Å². The molecule has 4 heteroatoms. The molecule has 17 heavy (non-hydrogen) atoms. The first-order valence-corrected chi connectivity index (χ1v) is 6.64. The number of ether oxygens (including phenoxy) is 3. The van der Waals surface area contributed by atoms with Crippen molar-refractivity contribution in [2.45, 2.75) is 45.8 Å². The van der Waals surface area contributed by atoms with E-state index < -0.39 is 0 Å². The molecule has 104 valence electrons. The molecule has 0 rings (SSSR count). The Balaban J connectivity index is 3.28. The van der Waals surface area contributed by atoms with Crippen molar-refractivity contribution in [3.05, 3.63) is 0 Å². The van der Waals surface area contributed by atoms with Crippen molar-refractivity contribution in [1.29, 1.82) is 0 Å². The Bertz CT molecular complexity index is 156. The second-order valence-corrected chi connectivity index (χ2v) is 4.28. The Morgan fingerprint density at radius 1 is 1.06 bits per heavy atom. The summed E-state index contributed by atoms with van der Waals surface area (Å²) in [4.78, 5) is 0. The van der Waals surface area contributed by atoms with E-state index in [2.05, 4.69) is 26.1 Å². The van der Waals surface area contributed by atoms with Gasteiger partial charge >= 0.3 is 0 Å². The Kier molecular flexibility index (Phi) is 12.2. The Morgan fingerprint density at radius 3 is 2.47 bits per heavy atom. The fraction of sp³-hybridized carbons (Fsp3) is 1.00. The maximum Gasteiger partial charge on any atom is 0.0700 e. The Labute approximate surface area is 106 Å². The first-order chi connectivity index (χ1) is 8.22. The molecule has 0 fully saturated rings. The predicted molar refractivity (Wildman–Crippen MR) is 70.5 cm³/mol. The van der Waals surface area contributed by atoms with Crippen LogP contribution in [0, 0.1) is 0 Å². The summed E-state index contributed by atoms with van der Waals surface area (Å²) < 4.78 is 16.0. The summed E-state index contributed by atoms with van der Waals surface area (Å²) in [5.74, 6) is 0. The minimum Gasteiger partial charge on any atom is -0.382 e. The molecule has 0 amide bonds. The Morgan fingerprint density at radius 2 is 1.82 bits per heavy atom. The van der Waals surface area contributed by atoms with Crippen LogP contribution in [0.3, 0.4) is 0 Å². The van der Waals surface area contributed by atoms with E-state index in [0.29, 0.717) is 19.3 Å². The van der Waals surface area contributed by atoms with E-state index in [1.54, 1.807) is 7.11 Å². The molecule has 2 unspecified atom stereocenters. The van der Waals surface area contributed by atoms with Crippen LogP contribution in [0.4, 0.5) is 0 Å². The molecule has 0 aromatic heterocycles. The van der Waals surface area contributed by atoms with Crippen molar-refractivity contribution < 1.29 is 14.2 Å². The normalized spacial score (nSPS) is 14.8. The zero-order valence-corrected chi connectivity index (χ0v) is 11.8. The first-order valence-electron chi connectivity index (χ1n) is 6.64. The lowest BCUT2D eigenvalue weighted by molar-refractivity contribution is 0.0183. The molecule has 0 saturated heterocycles. The molecule has 0 heterocycles. The standard InChI is InChI=1S/C13H29NO3/c1-5-7-14-12(2)13(3)17-9-6-8-16-11-10-15-4/h12-14H,5-11H2,1-4H3. The molecule has 0 aliphatic heterocycles. The smallest absolute Gasteiger partial charge is 0.0700 e. The zero-order chi connectivity index (χ0) is 12.9. The molecular weight excluding hydrogens is 218 g/mol. The Hall–Kier alpha value is -0.160. The highest BCUT2D eigenvalue weighted by molar-refractivity contribution is 4.67. The second kappa shape index (κ2) is 12.3. The molecule has 1 N–H and O–H groups in total. The van der Waals surface area contributed by atoms with Gasteiger partial charge in [-0.3, -0.25) is 0 Å².